The number of benzene rings is 1. The van der Waals surface area contributed by atoms with E-state index in [-0.39, 0.29) is 0 Å². The summed E-state index contributed by atoms with van der Waals surface area (Å²) in [5.41, 5.74) is 1.66. The minimum absolute atomic E-state index is 0.325. The molecule has 0 N–H and O–H groups in total. The summed E-state index contributed by atoms with van der Waals surface area (Å²) in [5.74, 6) is 0. The van der Waals surface area contributed by atoms with E-state index in [0.717, 1.165) is 15.1 Å². The predicted octanol–water partition coefficient (Wildman–Crippen LogP) is 1.74. The first-order chi connectivity index (χ1) is 7.51. The molecule has 0 aliphatic rings. The van der Waals surface area contributed by atoms with Gasteiger partial charge in [0.2, 0.25) is 0 Å². The average molecular weight is 236 g/mol. The van der Waals surface area contributed by atoms with E-state index in [4.69, 9.17) is 0 Å². The summed E-state index contributed by atoms with van der Waals surface area (Å²) in [4.78, 5) is 4.07. The lowest BCUT2D eigenvalue weighted by Gasteiger charge is -2.08. The molecule has 0 saturated carbocycles. The normalized spacial score (nSPS) is 11.6. The van der Waals surface area contributed by atoms with Crippen molar-refractivity contribution in [1.82, 2.24) is 8.96 Å². The maximum atomic E-state index is 12.2. The molecule has 84 valence electrons. The third-order valence-corrected chi connectivity index (χ3v) is 4.15. The van der Waals surface area contributed by atoms with Crippen LogP contribution in [0.3, 0.4) is 0 Å². The molecule has 1 heterocycles. The maximum Gasteiger partial charge on any atom is 0.269 e. The molecule has 0 saturated heterocycles. The molecule has 2 aromatic rings. The van der Waals surface area contributed by atoms with Gasteiger partial charge in [-0.3, -0.25) is 0 Å². The molecule has 16 heavy (non-hydrogen) atoms. The van der Waals surface area contributed by atoms with Crippen LogP contribution < -0.4 is 0 Å². The summed E-state index contributed by atoms with van der Waals surface area (Å²) >= 11 is 0. The third-order valence-electron chi connectivity index (χ3n) is 2.38. The summed E-state index contributed by atoms with van der Waals surface area (Å²) in [6, 6.07) is 5.37. The van der Waals surface area contributed by atoms with E-state index >= 15 is 0 Å². The Balaban J connectivity index is 2.65. The highest BCUT2D eigenvalue weighted by molar-refractivity contribution is 7.90. The number of imidazole rings is 1. The molecule has 0 amide bonds. The molecular weight excluding hydrogens is 224 g/mol. The Hall–Kier alpha value is -1.62. The van der Waals surface area contributed by atoms with Crippen molar-refractivity contribution in [3.63, 3.8) is 0 Å². The summed E-state index contributed by atoms with van der Waals surface area (Å²) < 4.78 is 25.5. The van der Waals surface area contributed by atoms with Crippen molar-refractivity contribution < 1.29 is 8.42 Å². The van der Waals surface area contributed by atoms with Gasteiger partial charge in [0.25, 0.3) is 10.0 Å². The lowest BCUT2D eigenvalue weighted by atomic mass is 10.2. The smallest absolute Gasteiger partial charge is 0.244 e. The number of nitrogens with zero attached hydrogens (tertiary/aromatic N) is 2. The second-order valence-corrected chi connectivity index (χ2v) is 5.48. The zero-order valence-electron chi connectivity index (χ0n) is 9.08. The quantitative estimate of drug-likeness (QED) is 0.798. The molecule has 4 nitrogen and oxygen atoms in total. The Morgan fingerprint density at radius 3 is 2.62 bits per heavy atom. The first kappa shape index (κ1) is 10.9. The second-order valence-electron chi connectivity index (χ2n) is 3.67. The minimum Gasteiger partial charge on any atom is -0.244 e. The zero-order valence-corrected chi connectivity index (χ0v) is 9.90. The van der Waals surface area contributed by atoms with E-state index in [9.17, 15) is 8.42 Å². The number of aromatic nitrogens is 2. The molecule has 0 aliphatic carbocycles. The number of rotatable bonds is 2. The fraction of sp³-hybridized carbons (Fsp3) is 0.182. The van der Waals surface area contributed by atoms with Gasteiger partial charge in [0.15, 0.2) is 0 Å². The van der Waals surface area contributed by atoms with Gasteiger partial charge in [-0.25, -0.2) is 17.4 Å². The zero-order chi connectivity index (χ0) is 11.8. The lowest BCUT2D eigenvalue weighted by Crippen LogP contribution is -2.12. The predicted molar refractivity (Wildman–Crippen MR) is 60.7 cm³/mol. The van der Waals surface area contributed by atoms with Gasteiger partial charge in [-0.15, -0.1) is 0 Å². The monoisotopic (exact) mass is 236 g/mol. The van der Waals surface area contributed by atoms with Crippen LogP contribution in [0.4, 0.5) is 0 Å². The van der Waals surface area contributed by atoms with Crippen molar-refractivity contribution >= 4 is 10.0 Å². The fourth-order valence-electron chi connectivity index (χ4n) is 1.49. The van der Waals surface area contributed by atoms with E-state index < -0.39 is 10.0 Å². The van der Waals surface area contributed by atoms with Crippen LogP contribution in [0.5, 0.6) is 0 Å². The Morgan fingerprint density at radius 1 is 1.25 bits per heavy atom. The largest absolute Gasteiger partial charge is 0.269 e. The molecule has 0 fully saturated rings. The number of hydrogen-bond donors (Lipinski definition) is 0. The molecule has 0 bridgehead atoms. The highest BCUT2D eigenvalue weighted by Crippen LogP contribution is 2.19. The molecule has 1 aromatic heterocycles. The van der Waals surface area contributed by atoms with Gasteiger partial charge in [-0.05, 0) is 31.0 Å². The van der Waals surface area contributed by atoms with Crippen LogP contribution in [-0.4, -0.2) is 17.4 Å². The molecule has 0 atom stereocenters. The second kappa shape index (κ2) is 3.75. The summed E-state index contributed by atoms with van der Waals surface area (Å²) in [7, 11) is -3.49. The van der Waals surface area contributed by atoms with Gasteiger partial charge in [-0.2, -0.15) is 0 Å². The molecule has 0 unspecified atom stereocenters. The molecule has 0 spiro atoms. The van der Waals surface area contributed by atoms with E-state index in [1.54, 1.807) is 19.1 Å². The van der Waals surface area contributed by atoms with Crippen LogP contribution in [0.25, 0.3) is 0 Å². The lowest BCUT2D eigenvalue weighted by molar-refractivity contribution is 0.586. The van der Waals surface area contributed by atoms with Crippen molar-refractivity contribution in [2.45, 2.75) is 18.7 Å². The van der Waals surface area contributed by atoms with Gasteiger partial charge >= 0.3 is 0 Å². The van der Waals surface area contributed by atoms with E-state index in [1.165, 1.54) is 18.7 Å². The van der Waals surface area contributed by atoms with E-state index in [2.05, 4.69) is 4.98 Å². The summed E-state index contributed by atoms with van der Waals surface area (Å²) in [5, 5.41) is 0. The van der Waals surface area contributed by atoms with Crippen molar-refractivity contribution in [1.29, 1.82) is 0 Å². The molecule has 2 rings (SSSR count). The Morgan fingerprint density at radius 2 is 2.00 bits per heavy atom. The molecule has 1 aromatic carbocycles. The molecule has 0 radical (unpaired) electrons. The van der Waals surface area contributed by atoms with Crippen molar-refractivity contribution in [2.75, 3.05) is 0 Å². The number of aryl methyl sites for hydroxylation is 2. The van der Waals surface area contributed by atoms with Crippen molar-refractivity contribution in [3.8, 4) is 0 Å². The van der Waals surface area contributed by atoms with E-state index in [1.807, 2.05) is 13.0 Å². The van der Waals surface area contributed by atoms with Crippen LogP contribution in [0.1, 0.15) is 11.1 Å². The third kappa shape index (κ3) is 1.74. The summed E-state index contributed by atoms with van der Waals surface area (Å²) in [6.45, 7) is 3.65. The standard InChI is InChI=1S/C11H12N2O2S/c1-9-3-4-10(2)11(7-9)16(14,15)13-6-5-12-8-13/h3-8H,1-2H3. The highest BCUT2D eigenvalue weighted by Gasteiger charge is 2.18. The molecule has 0 aliphatic heterocycles. The highest BCUT2D eigenvalue weighted by atomic mass is 32.2. The Kier molecular flexibility index (Phi) is 2.55. The fourth-order valence-corrected chi connectivity index (χ4v) is 2.92. The van der Waals surface area contributed by atoms with E-state index in [0.29, 0.717) is 4.90 Å². The Bertz CT molecular complexity index is 601. The first-order valence-corrected chi connectivity index (χ1v) is 6.26. The van der Waals surface area contributed by atoms with Crippen LogP contribution in [0, 0.1) is 13.8 Å². The molecule has 5 heteroatoms. The van der Waals surface area contributed by atoms with Crippen molar-refractivity contribution in [2.24, 2.45) is 0 Å². The maximum absolute atomic E-state index is 12.2. The first-order valence-electron chi connectivity index (χ1n) is 4.82. The van der Waals surface area contributed by atoms with Crippen molar-refractivity contribution in [3.05, 3.63) is 48.0 Å². The van der Waals surface area contributed by atoms with Gasteiger partial charge in [0.05, 0.1) is 4.90 Å². The number of hydrogen-bond acceptors (Lipinski definition) is 3. The van der Waals surface area contributed by atoms with Gasteiger partial charge in [-0.1, -0.05) is 12.1 Å². The Labute approximate surface area is 94.6 Å². The van der Waals surface area contributed by atoms with Crippen LogP contribution in [0.2, 0.25) is 0 Å². The topological polar surface area (TPSA) is 52.0 Å². The molecular formula is C11H12N2O2S. The van der Waals surface area contributed by atoms with Gasteiger partial charge < -0.3 is 0 Å². The minimum atomic E-state index is -3.49. The SMILES string of the molecule is Cc1ccc(C)c(S(=O)(=O)n2ccnc2)c1. The van der Waals surface area contributed by atoms with Gasteiger partial charge in [0.1, 0.15) is 6.33 Å². The van der Waals surface area contributed by atoms with Gasteiger partial charge in [0, 0.05) is 12.4 Å². The average Bonchev–Trinajstić information content (AvgIpc) is 2.75. The van der Waals surface area contributed by atoms with Crippen LogP contribution in [0.15, 0.2) is 41.8 Å². The van der Waals surface area contributed by atoms with Crippen LogP contribution in [-0.2, 0) is 10.0 Å². The summed E-state index contributed by atoms with van der Waals surface area (Å²) in [6.07, 6.45) is 4.16. The van der Waals surface area contributed by atoms with Crippen LogP contribution >= 0.6 is 0 Å².